The van der Waals surface area contributed by atoms with E-state index in [4.69, 9.17) is 5.11 Å². The first-order chi connectivity index (χ1) is 41.0. The zero-order chi connectivity index (χ0) is 57.9. The number of carboxylic acid groups (broad SMARTS) is 1. The summed E-state index contributed by atoms with van der Waals surface area (Å²) < 4.78 is 30.7. The first kappa shape index (κ1) is 61.2. The number of aromatic carboxylic acids is 1. The van der Waals surface area contributed by atoms with Gasteiger partial charge in [0.25, 0.3) is 0 Å². The van der Waals surface area contributed by atoms with Gasteiger partial charge in [0.15, 0.2) is 13.1 Å². The van der Waals surface area contributed by atoms with Gasteiger partial charge in [0.2, 0.25) is 22.4 Å². The molecule has 2 aliphatic heterocycles. The average Bonchev–Trinajstić information content (AvgIpc) is 1.73. The molecule has 0 atom stereocenters. The van der Waals surface area contributed by atoms with Gasteiger partial charge in [-0.3, -0.25) is 8.78 Å². The van der Waals surface area contributed by atoms with Gasteiger partial charge >= 0.3 is 5.97 Å². The molecule has 0 saturated heterocycles. The number of carbonyl (C=O) groups is 1. The van der Waals surface area contributed by atoms with Gasteiger partial charge in [-0.25, -0.2) is 9.78 Å². The third-order valence-corrected chi connectivity index (χ3v) is 14.6. The molecule has 11 heteroatoms. The number of halogens is 2. The van der Waals surface area contributed by atoms with Crippen LogP contribution < -0.4 is 9.13 Å². The number of carboxylic acids is 1. The van der Waals surface area contributed by atoms with Crippen molar-refractivity contribution in [2.75, 3.05) is 0 Å². The summed E-state index contributed by atoms with van der Waals surface area (Å²) in [5.41, 5.74) is 22.5. The van der Waals surface area contributed by atoms with Crippen LogP contribution in [0.1, 0.15) is 38.3 Å². The largest absolute Gasteiger partial charge is 0.477 e. The van der Waals surface area contributed by atoms with Crippen molar-refractivity contribution in [1.82, 2.24) is 15.0 Å². The summed E-state index contributed by atoms with van der Waals surface area (Å²) in [7, 11) is 0. The van der Waals surface area contributed by atoms with Crippen molar-refractivity contribution in [3.63, 3.8) is 0 Å². The quantitative estimate of drug-likeness (QED) is 0.137. The van der Waals surface area contributed by atoms with Crippen LogP contribution in [0, 0.1) is 44.5 Å². The Hall–Kier alpha value is -9.34. The number of benzene rings is 8. The predicted octanol–water partition coefficient (Wildman–Crippen LogP) is 16.7. The Balaban J connectivity index is 0.000000132. The second-order valence-electron chi connectivity index (χ2n) is 20.4. The number of rotatable bonds is 5. The molecule has 0 amide bonds. The molecule has 86 heavy (non-hydrogen) atoms. The fourth-order valence-corrected chi connectivity index (χ4v) is 10.6. The van der Waals surface area contributed by atoms with Gasteiger partial charge in [0, 0.05) is 116 Å². The molecule has 2 radical (unpaired) electrons. The molecule has 8 aromatic carbocycles. The molecule has 7 nitrogen and oxygen atoms in total. The second-order valence-corrected chi connectivity index (χ2v) is 20.4. The standard InChI is InChI=1S/C23H18N.C18H16N.C17H12N.C11H6F2N.C6H5NO2.2Ir/c1-16-13-19-9-5-6-10-22(19)24-15-20-12-11-18(14-21(20)23(16)24)17-7-3-2-4-8-17;1-12-4-7-17-14(9-12)6-8-18-16-10-13(2)3-5-15(16)11-19(17)18;1-3-7-14(8-4-1)16-11-12-17(18-13-16)15-9-5-2-6-10-15;12-8-4-5-9(10(13)7-8)11-3-1-2-6-14-11;8-6(9)5-3-1-2-4-7-5;;/h2-14H,15H2,1H3;3-10H,11H2,1-2H3;1-9,11-13H;1-4,6-7H;1-4H,(H,8,9);;/q2*+1;2*-1;;;. The third-order valence-electron chi connectivity index (χ3n) is 14.6. The molecule has 0 unspecified atom stereocenters. The van der Waals surface area contributed by atoms with Crippen molar-refractivity contribution in [2.45, 2.75) is 33.9 Å². The van der Waals surface area contributed by atoms with E-state index in [1.54, 1.807) is 36.5 Å². The predicted molar refractivity (Wildman–Crippen MR) is 331 cm³/mol. The Labute approximate surface area is 526 Å². The first-order valence-electron chi connectivity index (χ1n) is 27.6. The summed E-state index contributed by atoms with van der Waals surface area (Å²) in [6, 6.07) is 86.2. The summed E-state index contributed by atoms with van der Waals surface area (Å²) in [5.74, 6) is -2.28. The summed E-state index contributed by atoms with van der Waals surface area (Å²) in [4.78, 5) is 22.2. The van der Waals surface area contributed by atoms with Crippen molar-refractivity contribution in [3.05, 3.63) is 319 Å². The monoisotopic (exact) mass is 1480 g/mol. The van der Waals surface area contributed by atoms with Crippen molar-refractivity contribution in [2.24, 2.45) is 0 Å². The fourth-order valence-electron chi connectivity index (χ4n) is 10.6. The summed E-state index contributed by atoms with van der Waals surface area (Å²) in [6.45, 7) is 8.48. The summed E-state index contributed by atoms with van der Waals surface area (Å²) in [5, 5.41) is 11.0. The molecular formula is C75H57F2Ir2N5O2. The molecule has 426 valence electrons. The van der Waals surface area contributed by atoms with Crippen LogP contribution in [-0.2, 0) is 53.3 Å². The minimum atomic E-state index is -0.990. The number of para-hydroxylation sites is 1. The maximum Gasteiger partial charge on any atom is 0.354 e. The van der Waals surface area contributed by atoms with Crippen LogP contribution in [-0.4, -0.2) is 26.0 Å². The fraction of sp³-hybridized carbons (Fsp3) is 0.0667. The molecule has 15 rings (SSSR count). The van der Waals surface area contributed by atoms with Gasteiger partial charge < -0.3 is 15.1 Å². The zero-order valence-corrected chi connectivity index (χ0v) is 52.0. The van der Waals surface area contributed by atoms with E-state index in [1.807, 2.05) is 54.7 Å². The van der Waals surface area contributed by atoms with Crippen LogP contribution in [0.3, 0.4) is 0 Å². The molecule has 7 heterocycles. The van der Waals surface area contributed by atoms with E-state index < -0.39 is 17.6 Å². The Kier molecular flexibility index (Phi) is 20.3. The Morgan fingerprint density at radius 1 is 0.500 bits per heavy atom. The van der Waals surface area contributed by atoms with E-state index in [-0.39, 0.29) is 51.5 Å². The van der Waals surface area contributed by atoms with Gasteiger partial charge in [-0.2, -0.15) is 9.13 Å². The van der Waals surface area contributed by atoms with E-state index in [2.05, 4.69) is 203 Å². The number of hydrogen-bond donors (Lipinski definition) is 1. The van der Waals surface area contributed by atoms with Crippen LogP contribution in [0.15, 0.2) is 261 Å². The number of aryl methyl sites for hydroxylation is 3. The zero-order valence-electron chi connectivity index (χ0n) is 47.3. The van der Waals surface area contributed by atoms with Crippen molar-refractivity contribution in [3.8, 4) is 67.3 Å². The number of pyridine rings is 5. The van der Waals surface area contributed by atoms with Crippen LogP contribution in [0.4, 0.5) is 8.78 Å². The van der Waals surface area contributed by atoms with Crippen LogP contribution in [0.2, 0.25) is 0 Å². The number of aromatic nitrogens is 5. The van der Waals surface area contributed by atoms with Gasteiger partial charge in [-0.1, -0.05) is 156 Å². The first-order valence-corrected chi connectivity index (χ1v) is 27.6. The van der Waals surface area contributed by atoms with Crippen LogP contribution in [0.5, 0.6) is 0 Å². The van der Waals surface area contributed by atoms with Gasteiger partial charge in [0.05, 0.1) is 11.1 Å². The molecule has 2 aliphatic rings. The third kappa shape index (κ3) is 14.2. The summed E-state index contributed by atoms with van der Waals surface area (Å²) in [6.07, 6.45) is 4.90. The molecule has 1 N–H and O–H groups in total. The van der Waals surface area contributed by atoms with Crippen LogP contribution in [0.25, 0.3) is 89.1 Å². The summed E-state index contributed by atoms with van der Waals surface area (Å²) >= 11 is 0. The molecule has 0 saturated carbocycles. The smallest absolute Gasteiger partial charge is 0.354 e. The maximum atomic E-state index is 13.2. The number of fused-ring (bicyclic) bond motifs is 10. The molecule has 0 spiro atoms. The molecular weight excluding hydrogens is 1430 g/mol. The van der Waals surface area contributed by atoms with E-state index in [9.17, 15) is 13.6 Å². The number of nitrogens with zero attached hydrogens (tertiary/aromatic N) is 5. The minimum absolute atomic E-state index is 0. The minimum Gasteiger partial charge on any atom is -0.477 e. The Morgan fingerprint density at radius 3 is 1.80 bits per heavy atom. The molecule has 0 fully saturated rings. The van der Waals surface area contributed by atoms with E-state index in [0.29, 0.717) is 5.69 Å². The molecule has 5 aromatic heterocycles. The molecule has 0 aliphatic carbocycles. The van der Waals surface area contributed by atoms with Crippen molar-refractivity contribution in [1.29, 1.82) is 0 Å². The Morgan fingerprint density at radius 2 is 1.13 bits per heavy atom. The average molecular weight is 1480 g/mol. The van der Waals surface area contributed by atoms with Gasteiger partial charge in [0.1, 0.15) is 5.69 Å². The normalized spacial score (nSPS) is 10.9. The Bertz CT molecular complexity index is 4390. The number of hydrogen-bond acceptors (Lipinski definition) is 4. The molecule has 13 aromatic rings. The molecule has 0 bridgehead atoms. The maximum absolute atomic E-state index is 13.2. The topological polar surface area (TPSA) is 83.7 Å². The van der Waals surface area contributed by atoms with Crippen molar-refractivity contribution >= 4 is 27.8 Å². The second kappa shape index (κ2) is 28.5. The van der Waals surface area contributed by atoms with E-state index >= 15 is 0 Å². The SMILES string of the molecule is Cc1cc2ccccc2[n+]2c1-c1cc(-c3ccccc3)ccc1C2.Cc1ccc2c(c1)-c1ccc3cc(C)ccc3[n+]1C2.Fc1c[c-]c(-c2ccccn2)c(F)c1.O=C(O)c1ccccn1.[Ir].[Ir].[c-]1ccccc1-c1ccc(-c2ccccc2)cn1. The van der Waals surface area contributed by atoms with Crippen LogP contribution >= 0.6 is 0 Å². The van der Waals surface area contributed by atoms with Gasteiger partial charge in [-0.05, 0) is 109 Å². The van der Waals surface area contributed by atoms with E-state index in [1.165, 1.54) is 101 Å². The van der Waals surface area contributed by atoms with Crippen molar-refractivity contribution < 1.29 is 68.0 Å². The van der Waals surface area contributed by atoms with E-state index in [0.717, 1.165) is 42.0 Å². The van der Waals surface area contributed by atoms with Gasteiger partial charge in [-0.15, -0.1) is 48.0 Å².